The second-order valence-corrected chi connectivity index (χ2v) is 9.87. The molecule has 10 heteroatoms. The molecule has 0 aliphatic carbocycles. The summed E-state index contributed by atoms with van der Waals surface area (Å²) in [7, 11) is 0. The number of alkyl halides is 3. The van der Waals surface area contributed by atoms with E-state index in [-0.39, 0.29) is 24.1 Å². The van der Waals surface area contributed by atoms with Crippen LogP contribution in [0.1, 0.15) is 48.4 Å². The van der Waals surface area contributed by atoms with Crippen molar-refractivity contribution in [1.29, 1.82) is 5.26 Å². The molecule has 6 nitrogen and oxygen atoms in total. The lowest BCUT2D eigenvalue weighted by Crippen LogP contribution is -2.25. The van der Waals surface area contributed by atoms with E-state index in [1.807, 2.05) is 24.3 Å². The Labute approximate surface area is 207 Å². The number of hydrogen-bond acceptors (Lipinski definition) is 5. The van der Waals surface area contributed by atoms with Crippen LogP contribution in [0.4, 0.5) is 13.2 Å². The highest BCUT2D eigenvalue weighted by atomic mass is 79.9. The largest absolute Gasteiger partial charge is 0.494 e. The first-order valence-corrected chi connectivity index (χ1v) is 11.7. The molecule has 2 aromatic carbocycles. The monoisotopic (exact) mass is 548 g/mol. The van der Waals surface area contributed by atoms with Gasteiger partial charge in [-0.1, -0.05) is 15.9 Å². The van der Waals surface area contributed by atoms with E-state index in [1.165, 1.54) is 12.1 Å². The molecule has 3 aromatic rings. The third-order valence-corrected chi connectivity index (χ3v) is 7.34. The predicted octanol–water partition coefficient (Wildman–Crippen LogP) is 6.25. The van der Waals surface area contributed by atoms with Crippen molar-refractivity contribution in [2.75, 3.05) is 6.61 Å². The van der Waals surface area contributed by atoms with Crippen molar-refractivity contribution >= 4 is 15.9 Å². The first-order valence-electron chi connectivity index (χ1n) is 10.9. The maximum absolute atomic E-state index is 13.5. The molecule has 0 spiro atoms. The topological polar surface area (TPSA) is 87.6 Å². The van der Waals surface area contributed by atoms with Gasteiger partial charge in [0.15, 0.2) is 0 Å². The maximum Gasteiger partial charge on any atom is 0.417 e. The summed E-state index contributed by atoms with van der Waals surface area (Å²) in [6.07, 6.45) is -3.29. The molecule has 1 aromatic heterocycles. The molecule has 0 amide bonds. The normalized spacial score (nSPS) is 22.7. The first-order chi connectivity index (χ1) is 16.5. The molecule has 3 heterocycles. The minimum atomic E-state index is -4.78. The number of aromatic hydroxyl groups is 2. The summed E-state index contributed by atoms with van der Waals surface area (Å²) < 4.78 is 54.7. The van der Waals surface area contributed by atoms with E-state index in [1.54, 1.807) is 6.92 Å². The fourth-order valence-corrected chi connectivity index (χ4v) is 5.48. The molecule has 2 aliphatic heterocycles. The summed E-state index contributed by atoms with van der Waals surface area (Å²) in [6.45, 7) is 2.05. The number of nitriles is 1. The number of rotatable bonds is 5. The van der Waals surface area contributed by atoms with Crippen LogP contribution < -0.4 is 4.74 Å². The molecule has 0 unspecified atom stereocenters. The molecule has 2 N–H and O–H groups in total. The number of ether oxygens (including phenoxy) is 2. The number of nitrogens with zero attached hydrogens (tertiary/aromatic N) is 2. The summed E-state index contributed by atoms with van der Waals surface area (Å²) in [4.78, 5) is 0. The molecule has 182 valence electrons. The zero-order chi connectivity index (χ0) is 25.2. The van der Waals surface area contributed by atoms with Crippen molar-refractivity contribution in [3.63, 3.8) is 0 Å². The van der Waals surface area contributed by atoms with Crippen LogP contribution in [0.2, 0.25) is 0 Å². The van der Waals surface area contributed by atoms with Gasteiger partial charge in [0.2, 0.25) is 11.8 Å². The van der Waals surface area contributed by atoms with Gasteiger partial charge in [0.05, 0.1) is 46.2 Å². The zero-order valence-electron chi connectivity index (χ0n) is 18.5. The minimum absolute atomic E-state index is 0.106. The van der Waals surface area contributed by atoms with Crippen molar-refractivity contribution in [2.24, 2.45) is 0 Å². The van der Waals surface area contributed by atoms with Gasteiger partial charge in [0.1, 0.15) is 11.4 Å². The van der Waals surface area contributed by atoms with Gasteiger partial charge in [-0.3, -0.25) is 4.57 Å². The Morgan fingerprint density at radius 2 is 1.80 bits per heavy atom. The van der Waals surface area contributed by atoms with Crippen LogP contribution in [0.25, 0.3) is 5.69 Å². The fourth-order valence-electron chi connectivity index (χ4n) is 5.22. The van der Waals surface area contributed by atoms with Gasteiger partial charge in [-0.15, -0.1) is 0 Å². The number of hydrogen-bond donors (Lipinski definition) is 2. The van der Waals surface area contributed by atoms with E-state index in [9.17, 15) is 23.4 Å². The second-order valence-electron chi connectivity index (χ2n) is 8.95. The third-order valence-electron chi connectivity index (χ3n) is 6.81. The Kier molecular flexibility index (Phi) is 5.34. The number of fused-ring (bicyclic) bond motifs is 5. The van der Waals surface area contributed by atoms with Gasteiger partial charge in [-0.25, -0.2) is 0 Å². The van der Waals surface area contributed by atoms with E-state index in [2.05, 4.69) is 15.9 Å². The van der Waals surface area contributed by atoms with Gasteiger partial charge in [-0.05, 0) is 62.2 Å². The van der Waals surface area contributed by atoms with Crippen LogP contribution in [0.15, 0.2) is 46.9 Å². The lowest BCUT2D eigenvalue weighted by atomic mass is 9.78. The van der Waals surface area contributed by atoms with E-state index < -0.39 is 28.5 Å². The highest BCUT2D eigenvalue weighted by molar-refractivity contribution is 9.10. The van der Waals surface area contributed by atoms with Gasteiger partial charge in [0.25, 0.3) is 0 Å². The van der Waals surface area contributed by atoms with Crippen molar-refractivity contribution < 1.29 is 32.9 Å². The van der Waals surface area contributed by atoms with E-state index in [4.69, 9.17) is 14.7 Å². The van der Waals surface area contributed by atoms with Crippen LogP contribution in [-0.4, -0.2) is 21.4 Å². The Morgan fingerprint density at radius 3 is 2.46 bits per heavy atom. The van der Waals surface area contributed by atoms with Crippen LogP contribution in [-0.2, 0) is 22.1 Å². The van der Waals surface area contributed by atoms with Crippen LogP contribution in [0, 0.1) is 11.3 Å². The van der Waals surface area contributed by atoms with E-state index >= 15 is 0 Å². The molecule has 1 fully saturated rings. The van der Waals surface area contributed by atoms with Gasteiger partial charge >= 0.3 is 6.18 Å². The predicted molar refractivity (Wildman–Crippen MR) is 122 cm³/mol. The Morgan fingerprint density at radius 1 is 1.11 bits per heavy atom. The summed E-state index contributed by atoms with van der Waals surface area (Å²) in [5, 5.41) is 31.3. The summed E-state index contributed by atoms with van der Waals surface area (Å²) in [6, 6.07) is 11.9. The SMILES string of the molecule is C[C@@]12CC[C@@](CCOc3ccc(Br)cc3)(O1)c1c2c(O)n(-c2ccc(C#N)c(C(F)(F)F)c2)c1O. The van der Waals surface area contributed by atoms with Gasteiger partial charge < -0.3 is 19.7 Å². The molecule has 2 bridgehead atoms. The van der Waals surface area contributed by atoms with E-state index in [0.717, 1.165) is 21.2 Å². The van der Waals surface area contributed by atoms with Crippen LogP contribution in [0.3, 0.4) is 0 Å². The van der Waals surface area contributed by atoms with E-state index in [0.29, 0.717) is 36.1 Å². The second kappa shape index (κ2) is 7.93. The standard InChI is InChI=1S/C25H20BrF3N2O4/c1-23-8-9-24(35-23,10-11-34-17-6-3-15(26)4-7-17)20-19(23)21(32)31(22(20)33)16-5-2-14(13-30)18(12-16)25(27,28)29/h2-7,12,32-33H,8-11H2,1H3/t23-,24-/m0/s1. The average Bonchev–Trinajstić information content (AvgIpc) is 3.38. The zero-order valence-corrected chi connectivity index (χ0v) is 20.1. The lowest BCUT2D eigenvalue weighted by molar-refractivity contribution is -0.137. The highest BCUT2D eigenvalue weighted by Gasteiger charge is 2.61. The Balaban J connectivity index is 1.53. The maximum atomic E-state index is 13.5. The molecule has 35 heavy (non-hydrogen) atoms. The van der Waals surface area contributed by atoms with Gasteiger partial charge in [-0.2, -0.15) is 18.4 Å². The summed E-state index contributed by atoms with van der Waals surface area (Å²) >= 11 is 3.37. The molecule has 2 aliphatic rings. The quantitative estimate of drug-likeness (QED) is 0.393. The molecule has 2 atom stereocenters. The highest BCUT2D eigenvalue weighted by Crippen LogP contribution is 2.65. The summed E-state index contributed by atoms with van der Waals surface area (Å²) in [5.41, 5.74) is -2.93. The van der Waals surface area contributed by atoms with Crippen LogP contribution >= 0.6 is 15.9 Å². The fraction of sp³-hybridized carbons (Fsp3) is 0.320. The van der Waals surface area contributed by atoms with Crippen molar-refractivity contribution in [2.45, 2.75) is 43.6 Å². The first kappa shape index (κ1) is 23.6. The average molecular weight is 549 g/mol. The van der Waals surface area contributed by atoms with Gasteiger partial charge in [0, 0.05) is 10.9 Å². The van der Waals surface area contributed by atoms with Crippen molar-refractivity contribution in [3.05, 3.63) is 69.2 Å². The molecule has 0 radical (unpaired) electrons. The minimum Gasteiger partial charge on any atom is -0.494 e. The Bertz CT molecular complexity index is 1360. The molecular weight excluding hydrogens is 529 g/mol. The molecular formula is C25H20BrF3N2O4. The number of halogens is 4. The number of aromatic nitrogens is 1. The lowest BCUT2D eigenvalue weighted by Gasteiger charge is -2.26. The molecule has 0 saturated carbocycles. The molecule has 5 rings (SSSR count). The smallest absolute Gasteiger partial charge is 0.417 e. The van der Waals surface area contributed by atoms with Crippen LogP contribution in [0.5, 0.6) is 17.5 Å². The van der Waals surface area contributed by atoms with Crippen molar-refractivity contribution in [1.82, 2.24) is 4.57 Å². The number of benzene rings is 2. The summed E-state index contributed by atoms with van der Waals surface area (Å²) in [5.74, 6) is -0.110. The molecule has 1 saturated heterocycles. The van der Waals surface area contributed by atoms with Crippen molar-refractivity contribution in [3.8, 4) is 29.3 Å². The Hall–Kier alpha value is -3.16. The third kappa shape index (κ3) is 3.65.